The van der Waals surface area contributed by atoms with Gasteiger partial charge in [0.25, 0.3) is 5.78 Å². The summed E-state index contributed by atoms with van der Waals surface area (Å²) in [6, 6.07) is 4.48. The lowest BCUT2D eigenvalue weighted by Gasteiger charge is -2.36. The van der Waals surface area contributed by atoms with Gasteiger partial charge in [-0.05, 0) is 40.2 Å². The van der Waals surface area contributed by atoms with E-state index in [1.165, 1.54) is 16.9 Å². The van der Waals surface area contributed by atoms with Gasteiger partial charge in [0.1, 0.15) is 0 Å². The summed E-state index contributed by atoms with van der Waals surface area (Å²) in [5.41, 5.74) is 0. The van der Waals surface area contributed by atoms with Gasteiger partial charge in [0.15, 0.2) is 0 Å². The average molecular weight is 673 g/mol. The first-order chi connectivity index (χ1) is 16.3. The van der Waals surface area contributed by atoms with Crippen LogP contribution in [0.1, 0.15) is 9.67 Å². The summed E-state index contributed by atoms with van der Waals surface area (Å²) >= 11 is 4.25. The summed E-state index contributed by atoms with van der Waals surface area (Å²) in [7, 11) is 0. The molecule has 0 aliphatic rings. The van der Waals surface area contributed by atoms with Crippen molar-refractivity contribution in [2.24, 2.45) is 0 Å². The molecule has 0 fully saturated rings. The zero-order valence-corrected chi connectivity index (χ0v) is 19.6. The summed E-state index contributed by atoms with van der Waals surface area (Å²) in [5.74, 6) is -18.6. The van der Waals surface area contributed by atoms with Crippen LogP contribution >= 0.6 is 38.6 Å². The molecule has 0 unspecified atom stereocenters. The third-order valence-electron chi connectivity index (χ3n) is 3.88. The molecule has 21 heteroatoms. The molecule has 0 spiro atoms. The van der Waals surface area contributed by atoms with Gasteiger partial charge in [-0.15, -0.1) is 22.7 Å². The van der Waals surface area contributed by atoms with Crippen molar-refractivity contribution in [1.82, 2.24) is 0 Å². The number of ketones is 1. The van der Waals surface area contributed by atoms with Crippen molar-refractivity contribution in [2.45, 2.75) is 42.5 Å². The quantitative estimate of drug-likeness (QED) is 0.187. The molecule has 0 saturated carbocycles. The fraction of sp³-hybridized carbons (Fsp3) is 0.438. The highest BCUT2D eigenvalue weighted by Gasteiger charge is 2.85. The molecule has 0 N–H and O–H groups in total. The van der Waals surface area contributed by atoms with Crippen molar-refractivity contribution in [1.29, 1.82) is 0 Å². The predicted octanol–water partition coefficient (Wildman–Crippen LogP) is 8.66. The number of alkyl halides is 15. The van der Waals surface area contributed by atoms with E-state index >= 15 is 0 Å². The lowest BCUT2D eigenvalue weighted by molar-refractivity contribution is -0.538. The Kier molecular flexibility index (Phi) is 8.17. The van der Waals surface area contributed by atoms with E-state index in [4.69, 9.17) is 0 Å². The predicted molar refractivity (Wildman–Crippen MR) is 97.6 cm³/mol. The number of rotatable bonds is 10. The van der Waals surface area contributed by atoms with Crippen LogP contribution in [0, 0.1) is 0 Å². The van der Waals surface area contributed by atoms with Crippen LogP contribution in [0.4, 0.5) is 65.9 Å². The monoisotopic (exact) mass is 672 g/mol. The fourth-order valence-corrected chi connectivity index (χ4v) is 4.54. The van der Waals surface area contributed by atoms with E-state index in [0.29, 0.717) is 14.7 Å². The summed E-state index contributed by atoms with van der Waals surface area (Å²) in [5, 5.41) is 0. The van der Waals surface area contributed by atoms with Gasteiger partial charge in [-0.25, -0.2) is 9.47 Å². The summed E-state index contributed by atoms with van der Waals surface area (Å²) < 4.78 is 200. The second-order valence-electron chi connectivity index (χ2n) is 6.51. The second kappa shape index (κ2) is 9.56. The number of Topliss-reactive ketones (excluding diaryl/α,β-unsaturated/α-hetero) is 1. The van der Waals surface area contributed by atoms with Crippen molar-refractivity contribution in [3.8, 4) is 9.75 Å². The molecule has 0 radical (unpaired) electrons. The van der Waals surface area contributed by atoms with Gasteiger partial charge in [-0.1, -0.05) is 0 Å². The van der Waals surface area contributed by atoms with Crippen LogP contribution < -0.4 is 0 Å². The van der Waals surface area contributed by atoms with Crippen LogP contribution in [-0.4, -0.2) is 48.2 Å². The molecule has 0 amide bonds. The number of carbonyl (C=O) groups excluding carboxylic acids is 1. The van der Waals surface area contributed by atoms with E-state index in [-0.39, 0.29) is 16.2 Å². The zero-order valence-electron chi connectivity index (χ0n) is 16.4. The van der Waals surface area contributed by atoms with E-state index in [2.05, 4.69) is 20.7 Å². The minimum Gasteiger partial charge on any atom is -0.283 e. The molecular formula is C16H4BrF15O3S2. The van der Waals surface area contributed by atoms with Crippen LogP contribution in [0.25, 0.3) is 9.75 Å². The zero-order chi connectivity index (χ0) is 29.0. The second-order valence-corrected chi connectivity index (χ2v) is 10.1. The van der Waals surface area contributed by atoms with E-state index in [1.54, 1.807) is 0 Å². The first-order valence-corrected chi connectivity index (χ1v) is 10.9. The molecule has 210 valence electrons. The molecule has 0 aliphatic heterocycles. The van der Waals surface area contributed by atoms with Crippen LogP contribution in [-0.2, 0) is 9.47 Å². The molecule has 2 heterocycles. The van der Waals surface area contributed by atoms with Gasteiger partial charge in [-0.3, -0.25) is 4.79 Å². The lowest BCUT2D eigenvalue weighted by Crippen LogP contribution is -2.64. The number of ether oxygens (including phenoxy) is 2. The van der Waals surface area contributed by atoms with Crippen LogP contribution in [0.15, 0.2) is 28.1 Å². The SMILES string of the molecule is O=C(c1ccc(-c2ccc(Br)s2)s1)C(F)(F)OC(F)(F)C(F)(F)OC(F)(F)C(F)(F)C(F)(F)C(F)(F)F. The Labute approximate surface area is 209 Å². The van der Waals surface area contributed by atoms with Crippen LogP contribution in [0.3, 0.4) is 0 Å². The van der Waals surface area contributed by atoms with Crippen molar-refractivity contribution in [3.63, 3.8) is 0 Å². The highest BCUT2D eigenvalue weighted by molar-refractivity contribution is 9.11. The van der Waals surface area contributed by atoms with E-state index in [0.717, 1.165) is 17.4 Å². The molecule has 0 bridgehead atoms. The Morgan fingerprint density at radius 3 is 1.54 bits per heavy atom. The van der Waals surface area contributed by atoms with Gasteiger partial charge in [0.2, 0.25) is 0 Å². The maximum Gasteiger partial charge on any atom is 0.460 e. The summed E-state index contributed by atoms with van der Waals surface area (Å²) in [6.07, 6.45) is -35.9. The van der Waals surface area contributed by atoms with Crippen molar-refractivity contribution >= 4 is 44.4 Å². The molecule has 3 nitrogen and oxygen atoms in total. The normalized spacial score (nSPS) is 14.8. The molecule has 0 aromatic carbocycles. The number of thiophene rings is 2. The van der Waals surface area contributed by atoms with Crippen LogP contribution in [0.2, 0.25) is 0 Å². The molecule has 0 saturated heterocycles. The van der Waals surface area contributed by atoms with E-state index in [1.807, 2.05) is 0 Å². The maximum atomic E-state index is 13.9. The molecule has 37 heavy (non-hydrogen) atoms. The molecule has 2 aromatic heterocycles. The van der Waals surface area contributed by atoms with Gasteiger partial charge in [-0.2, -0.15) is 65.9 Å². The van der Waals surface area contributed by atoms with Gasteiger partial charge >= 0.3 is 42.5 Å². The molecule has 2 aromatic rings. The molecule has 0 atom stereocenters. The third kappa shape index (κ3) is 5.88. The highest BCUT2D eigenvalue weighted by Crippen LogP contribution is 2.56. The first kappa shape index (κ1) is 31.6. The maximum absolute atomic E-state index is 13.9. The molecule has 2 rings (SSSR count). The Hall–Kier alpha value is -1.58. The summed E-state index contributed by atoms with van der Waals surface area (Å²) in [4.78, 5) is 11.1. The Morgan fingerprint density at radius 2 is 1.08 bits per heavy atom. The largest absolute Gasteiger partial charge is 0.460 e. The minimum absolute atomic E-state index is 0.0720. The van der Waals surface area contributed by atoms with Gasteiger partial charge < -0.3 is 0 Å². The topological polar surface area (TPSA) is 35.5 Å². The van der Waals surface area contributed by atoms with Crippen molar-refractivity contribution in [3.05, 3.63) is 32.9 Å². The Morgan fingerprint density at radius 1 is 0.622 bits per heavy atom. The first-order valence-electron chi connectivity index (χ1n) is 8.43. The minimum atomic E-state index is -7.96. The molecule has 0 aliphatic carbocycles. The van der Waals surface area contributed by atoms with Crippen LogP contribution in [0.5, 0.6) is 0 Å². The van der Waals surface area contributed by atoms with Gasteiger partial charge in [0, 0.05) is 9.75 Å². The fourth-order valence-electron chi connectivity index (χ4n) is 2.09. The van der Waals surface area contributed by atoms with E-state index < -0.39 is 53.1 Å². The van der Waals surface area contributed by atoms with Crippen molar-refractivity contribution in [2.75, 3.05) is 0 Å². The number of hydrogen-bond acceptors (Lipinski definition) is 5. The summed E-state index contributed by atoms with van der Waals surface area (Å²) in [6.45, 7) is 0. The average Bonchev–Trinajstić information content (AvgIpc) is 3.33. The Balaban J connectivity index is 2.29. The number of hydrogen-bond donors (Lipinski definition) is 0. The third-order valence-corrected chi connectivity index (χ3v) is 6.78. The standard InChI is InChI=1S/C16H4BrF15O3S2/c17-8-4-3-6(37-8)5-1-2-7(36-5)9(33)10(18,19)34-15(29,30)16(31,32)35-14(27,28)12(22,23)11(20,21)13(24,25)26/h1-4H. The van der Waals surface area contributed by atoms with Gasteiger partial charge in [0.05, 0.1) is 8.66 Å². The van der Waals surface area contributed by atoms with Crippen molar-refractivity contribution < 1.29 is 80.1 Å². The van der Waals surface area contributed by atoms with E-state index in [9.17, 15) is 70.7 Å². The lowest BCUT2D eigenvalue weighted by atomic mass is 10.1. The Bertz CT molecular complexity index is 1140. The number of halogens is 16. The highest BCUT2D eigenvalue weighted by atomic mass is 79.9. The number of carbonyl (C=O) groups is 1. The molecular weight excluding hydrogens is 669 g/mol. The smallest absolute Gasteiger partial charge is 0.283 e.